The number of para-hydroxylation sites is 1. The van der Waals surface area contributed by atoms with E-state index in [1.54, 1.807) is 31.4 Å². The highest BCUT2D eigenvalue weighted by Gasteiger charge is 2.04. The van der Waals surface area contributed by atoms with Crippen molar-refractivity contribution in [3.63, 3.8) is 0 Å². The third kappa shape index (κ3) is 5.00. The van der Waals surface area contributed by atoms with Crippen LogP contribution in [-0.2, 0) is 0 Å². The Morgan fingerprint density at radius 2 is 1.63 bits per heavy atom. The number of hydrogen-bond acceptors (Lipinski definition) is 5. The molecule has 3 aromatic carbocycles. The first-order valence-electron chi connectivity index (χ1n) is 8.23. The third-order valence-electron chi connectivity index (χ3n) is 3.67. The number of nitrogens with zero attached hydrogens (tertiary/aromatic N) is 4. The Hall–Kier alpha value is -3.98. The molecule has 3 rings (SSSR count). The standard InChI is InChI=1S/C21H17N5O/c1-27-20-13-11-19(12-14-20)24-26-21(17-9-7-16(15-22)8-10-17)25-23-18-5-3-2-4-6-18/h2-14,23H,1H3. The molecule has 27 heavy (non-hydrogen) atoms. The van der Waals surface area contributed by atoms with Crippen molar-refractivity contribution in [1.82, 2.24) is 0 Å². The third-order valence-corrected chi connectivity index (χ3v) is 3.67. The normalized spacial score (nSPS) is 11.2. The van der Waals surface area contributed by atoms with Crippen LogP contribution in [0, 0.1) is 11.3 Å². The van der Waals surface area contributed by atoms with Gasteiger partial charge < -0.3 is 4.74 Å². The minimum absolute atomic E-state index is 0.402. The van der Waals surface area contributed by atoms with Crippen molar-refractivity contribution < 1.29 is 4.74 Å². The first-order valence-corrected chi connectivity index (χ1v) is 8.23. The molecule has 132 valence electrons. The molecular weight excluding hydrogens is 338 g/mol. The van der Waals surface area contributed by atoms with Gasteiger partial charge in [-0.3, -0.25) is 5.43 Å². The molecule has 6 nitrogen and oxygen atoms in total. The summed E-state index contributed by atoms with van der Waals surface area (Å²) < 4.78 is 5.14. The lowest BCUT2D eigenvalue weighted by atomic mass is 10.1. The van der Waals surface area contributed by atoms with Crippen LogP contribution in [0.25, 0.3) is 0 Å². The maximum Gasteiger partial charge on any atom is 0.201 e. The van der Waals surface area contributed by atoms with Crippen LogP contribution in [0.15, 0.2) is 94.2 Å². The molecule has 0 unspecified atom stereocenters. The van der Waals surface area contributed by atoms with Crippen LogP contribution >= 0.6 is 0 Å². The van der Waals surface area contributed by atoms with Gasteiger partial charge in [0, 0.05) is 5.56 Å². The maximum atomic E-state index is 8.97. The number of anilines is 1. The first kappa shape index (κ1) is 17.8. The van der Waals surface area contributed by atoms with Gasteiger partial charge in [0.2, 0.25) is 5.84 Å². The minimum Gasteiger partial charge on any atom is -0.497 e. The van der Waals surface area contributed by atoms with Crippen LogP contribution in [0.2, 0.25) is 0 Å². The maximum absolute atomic E-state index is 8.97. The average molecular weight is 355 g/mol. The molecule has 0 aliphatic rings. The van der Waals surface area contributed by atoms with E-state index in [2.05, 4.69) is 26.8 Å². The largest absolute Gasteiger partial charge is 0.497 e. The van der Waals surface area contributed by atoms with Crippen LogP contribution in [0.5, 0.6) is 5.75 Å². The van der Waals surface area contributed by atoms with E-state index in [0.717, 1.165) is 17.0 Å². The van der Waals surface area contributed by atoms with Crippen molar-refractivity contribution in [3.05, 3.63) is 90.0 Å². The van der Waals surface area contributed by atoms with Crippen LogP contribution in [0.3, 0.4) is 0 Å². The Balaban J connectivity index is 1.87. The SMILES string of the molecule is COc1ccc(N=NC(=NNc2ccccc2)c2ccc(C#N)cc2)cc1. The fourth-order valence-electron chi connectivity index (χ4n) is 2.22. The summed E-state index contributed by atoms with van der Waals surface area (Å²) >= 11 is 0. The predicted octanol–water partition coefficient (Wildman–Crippen LogP) is 5.12. The van der Waals surface area contributed by atoms with Crippen molar-refractivity contribution in [2.75, 3.05) is 12.5 Å². The number of hydrazone groups is 1. The molecule has 0 bridgehead atoms. The molecule has 3 aromatic rings. The Bertz CT molecular complexity index is 972. The van der Waals surface area contributed by atoms with E-state index >= 15 is 0 Å². The molecule has 0 saturated carbocycles. The van der Waals surface area contributed by atoms with Gasteiger partial charge in [0.05, 0.1) is 30.1 Å². The lowest BCUT2D eigenvalue weighted by Crippen LogP contribution is -2.01. The molecule has 0 spiro atoms. The average Bonchev–Trinajstić information content (AvgIpc) is 2.75. The summed E-state index contributed by atoms with van der Waals surface area (Å²) in [6, 6.07) is 25.9. The van der Waals surface area contributed by atoms with Gasteiger partial charge in [-0.25, -0.2) is 0 Å². The zero-order chi connectivity index (χ0) is 18.9. The Labute approximate surface area is 157 Å². The summed E-state index contributed by atoms with van der Waals surface area (Å²) in [6.45, 7) is 0. The van der Waals surface area contributed by atoms with Crippen LogP contribution in [-0.4, -0.2) is 12.9 Å². The number of hydrogen-bond donors (Lipinski definition) is 1. The van der Waals surface area contributed by atoms with Crippen molar-refractivity contribution in [2.24, 2.45) is 15.3 Å². The summed E-state index contributed by atoms with van der Waals surface area (Å²) in [5.74, 6) is 1.15. The minimum atomic E-state index is 0.402. The first-order chi connectivity index (χ1) is 13.3. The number of amidine groups is 1. The van der Waals surface area contributed by atoms with E-state index in [0.29, 0.717) is 17.1 Å². The summed E-state index contributed by atoms with van der Waals surface area (Å²) in [5.41, 5.74) is 5.81. The predicted molar refractivity (Wildman–Crippen MR) is 105 cm³/mol. The van der Waals surface area contributed by atoms with Crippen molar-refractivity contribution in [2.45, 2.75) is 0 Å². The zero-order valence-electron chi connectivity index (χ0n) is 14.7. The lowest BCUT2D eigenvalue weighted by Gasteiger charge is -2.04. The van der Waals surface area contributed by atoms with Crippen molar-refractivity contribution >= 4 is 17.2 Å². The molecule has 0 atom stereocenters. The lowest BCUT2D eigenvalue weighted by molar-refractivity contribution is 0.415. The van der Waals surface area contributed by atoms with Crippen LogP contribution in [0.1, 0.15) is 11.1 Å². The highest BCUT2D eigenvalue weighted by atomic mass is 16.5. The van der Waals surface area contributed by atoms with Gasteiger partial charge in [0.15, 0.2) is 0 Å². The Morgan fingerprint density at radius 3 is 2.26 bits per heavy atom. The van der Waals surface area contributed by atoms with E-state index in [-0.39, 0.29) is 0 Å². The van der Waals surface area contributed by atoms with E-state index in [1.807, 2.05) is 54.6 Å². The Kier molecular flexibility index (Phi) is 5.89. The topological polar surface area (TPSA) is 82.1 Å². The molecule has 0 aromatic heterocycles. The molecule has 0 saturated heterocycles. The number of azo groups is 1. The van der Waals surface area contributed by atoms with Gasteiger partial charge >= 0.3 is 0 Å². The number of nitriles is 1. The fourth-order valence-corrected chi connectivity index (χ4v) is 2.22. The molecule has 0 radical (unpaired) electrons. The highest BCUT2D eigenvalue weighted by Crippen LogP contribution is 2.19. The van der Waals surface area contributed by atoms with E-state index < -0.39 is 0 Å². The molecule has 0 aliphatic carbocycles. The van der Waals surface area contributed by atoms with E-state index in [1.165, 1.54) is 0 Å². The number of rotatable bonds is 5. The van der Waals surface area contributed by atoms with Gasteiger partial charge in [0.1, 0.15) is 5.75 Å². The quantitative estimate of drug-likeness (QED) is 0.298. The second kappa shape index (κ2) is 8.92. The fraction of sp³-hybridized carbons (Fsp3) is 0.0476. The van der Waals surface area contributed by atoms with Gasteiger partial charge in [-0.2, -0.15) is 10.4 Å². The van der Waals surface area contributed by atoms with E-state index in [4.69, 9.17) is 10.00 Å². The van der Waals surface area contributed by atoms with Crippen LogP contribution < -0.4 is 10.2 Å². The highest BCUT2D eigenvalue weighted by molar-refractivity contribution is 5.99. The molecule has 6 heteroatoms. The molecule has 0 aliphatic heterocycles. The second-order valence-electron chi connectivity index (χ2n) is 5.50. The Morgan fingerprint density at radius 1 is 0.926 bits per heavy atom. The molecule has 1 N–H and O–H groups in total. The summed E-state index contributed by atoms with van der Waals surface area (Å²) in [4.78, 5) is 0. The second-order valence-corrected chi connectivity index (χ2v) is 5.50. The summed E-state index contributed by atoms with van der Waals surface area (Å²) in [6.07, 6.45) is 0. The monoisotopic (exact) mass is 355 g/mol. The van der Waals surface area contributed by atoms with Gasteiger partial charge in [-0.1, -0.05) is 18.2 Å². The summed E-state index contributed by atoms with van der Waals surface area (Å²) in [5, 5.41) is 21.9. The number of nitrogens with one attached hydrogen (secondary N) is 1. The molecular formula is C21H17N5O. The number of benzene rings is 3. The number of ether oxygens (including phenoxy) is 1. The van der Waals surface area contributed by atoms with Gasteiger partial charge in [0.25, 0.3) is 0 Å². The van der Waals surface area contributed by atoms with E-state index in [9.17, 15) is 0 Å². The molecule has 0 heterocycles. The van der Waals surface area contributed by atoms with Crippen molar-refractivity contribution in [3.8, 4) is 11.8 Å². The van der Waals surface area contributed by atoms with Crippen molar-refractivity contribution in [1.29, 1.82) is 5.26 Å². The molecule has 0 fully saturated rings. The van der Waals surface area contributed by atoms with Gasteiger partial charge in [-0.15, -0.1) is 10.2 Å². The van der Waals surface area contributed by atoms with Crippen LogP contribution in [0.4, 0.5) is 11.4 Å². The molecule has 0 amide bonds. The summed E-state index contributed by atoms with van der Waals surface area (Å²) in [7, 11) is 1.61. The smallest absolute Gasteiger partial charge is 0.201 e. The number of methoxy groups -OCH3 is 1. The van der Waals surface area contributed by atoms with Gasteiger partial charge in [-0.05, 0) is 60.7 Å². The zero-order valence-corrected chi connectivity index (χ0v) is 14.7.